The van der Waals surface area contributed by atoms with E-state index in [1.807, 2.05) is 18.6 Å². The van der Waals surface area contributed by atoms with E-state index < -0.39 is 16.1 Å². The number of sulfonamides is 1. The van der Waals surface area contributed by atoms with E-state index >= 15 is 0 Å². The molecule has 1 N–H and O–H groups in total. The number of carbonyl (C=O) groups is 1. The van der Waals surface area contributed by atoms with E-state index in [0.29, 0.717) is 0 Å². The number of rotatable bonds is 12. The molecule has 1 atom stereocenters. The van der Waals surface area contributed by atoms with Crippen LogP contribution in [0.3, 0.4) is 0 Å². The summed E-state index contributed by atoms with van der Waals surface area (Å²) in [4.78, 5) is 12.4. The van der Waals surface area contributed by atoms with Crippen LogP contribution in [0.1, 0.15) is 96.3 Å². The van der Waals surface area contributed by atoms with E-state index in [-0.39, 0.29) is 16.2 Å². The molecule has 2 aromatic carbocycles. The molecule has 0 spiro atoms. The lowest BCUT2D eigenvalue weighted by Crippen LogP contribution is -2.36. The Morgan fingerprint density at radius 1 is 0.952 bits per heavy atom. The van der Waals surface area contributed by atoms with Gasteiger partial charge in [0.1, 0.15) is 17.1 Å². The first kappa shape index (κ1) is 33.2. The van der Waals surface area contributed by atoms with E-state index in [4.69, 9.17) is 9.47 Å². The Morgan fingerprint density at radius 3 is 2.21 bits per heavy atom. The van der Waals surface area contributed by atoms with Crippen LogP contribution < -0.4 is 14.2 Å². The quantitative estimate of drug-likeness (QED) is 0.248. The van der Waals surface area contributed by atoms with Gasteiger partial charge in [0.25, 0.3) is 10.0 Å². The normalized spacial score (nSPS) is 17.2. The molecule has 1 aliphatic rings. The van der Waals surface area contributed by atoms with Crippen molar-refractivity contribution >= 4 is 16.1 Å². The van der Waals surface area contributed by atoms with Crippen molar-refractivity contribution in [3.63, 3.8) is 0 Å². The Hall–Kier alpha value is -3.32. The van der Waals surface area contributed by atoms with E-state index in [1.165, 1.54) is 28.9 Å². The van der Waals surface area contributed by atoms with Crippen LogP contribution in [-0.4, -0.2) is 20.1 Å². The summed E-state index contributed by atoms with van der Waals surface area (Å²) in [5.74, 6) is 1.10. The summed E-state index contributed by atoms with van der Waals surface area (Å²) in [6, 6.07) is 9.72. The highest BCUT2D eigenvalue weighted by Crippen LogP contribution is 2.40. The smallest absolute Gasteiger partial charge is 0.426 e. The number of ether oxygens (including phenoxy) is 2. The Morgan fingerprint density at radius 2 is 1.57 bits per heavy atom. The highest BCUT2D eigenvalue weighted by atomic mass is 32.2. The van der Waals surface area contributed by atoms with Crippen molar-refractivity contribution < 1.29 is 22.7 Å². The van der Waals surface area contributed by atoms with Crippen LogP contribution in [0.15, 0.2) is 76.2 Å². The molecule has 1 heterocycles. The first-order chi connectivity index (χ1) is 19.8. The monoisotopic (exact) mass is 593 g/mol. The molecule has 0 unspecified atom stereocenters. The van der Waals surface area contributed by atoms with Crippen LogP contribution in [0.4, 0.5) is 4.79 Å². The van der Waals surface area contributed by atoms with Crippen molar-refractivity contribution in [1.29, 1.82) is 0 Å². The summed E-state index contributed by atoms with van der Waals surface area (Å²) in [6.07, 6.45) is 13.8. The molecule has 3 rings (SSSR count). The molecule has 0 aromatic heterocycles. The van der Waals surface area contributed by atoms with Crippen molar-refractivity contribution in [2.45, 2.75) is 110 Å². The van der Waals surface area contributed by atoms with Gasteiger partial charge in [-0.2, -0.15) is 0 Å². The number of carbonyl (C=O) groups excluding carboxylic acids is 1. The lowest BCUT2D eigenvalue weighted by atomic mass is 9.87. The molecular formula is C35H47NO5S. The molecule has 0 radical (unpaired) electrons. The van der Waals surface area contributed by atoms with Crippen LogP contribution in [0.25, 0.3) is 0 Å². The second-order valence-corrected chi connectivity index (χ2v) is 13.8. The molecule has 6 nitrogen and oxygen atoms in total. The zero-order valence-corrected chi connectivity index (χ0v) is 27.1. The van der Waals surface area contributed by atoms with Crippen molar-refractivity contribution in [2.75, 3.05) is 0 Å². The fourth-order valence-electron chi connectivity index (χ4n) is 5.05. The first-order valence-corrected chi connectivity index (χ1v) is 16.3. The van der Waals surface area contributed by atoms with E-state index in [2.05, 4.69) is 52.8 Å². The topological polar surface area (TPSA) is 81.7 Å². The van der Waals surface area contributed by atoms with Gasteiger partial charge < -0.3 is 9.47 Å². The minimum Gasteiger partial charge on any atom is -0.487 e. The molecule has 2 aromatic rings. The molecule has 0 bridgehead atoms. The number of hydrogen-bond acceptors (Lipinski definition) is 5. The molecule has 0 saturated heterocycles. The third-order valence-electron chi connectivity index (χ3n) is 7.64. The fraction of sp³-hybridized carbons (Fsp3) is 0.457. The van der Waals surface area contributed by atoms with Crippen LogP contribution in [0, 0.1) is 13.8 Å². The Labute approximate surface area is 253 Å². The molecule has 0 aliphatic carbocycles. The maximum atomic E-state index is 12.5. The van der Waals surface area contributed by atoms with Crippen molar-refractivity contribution in [1.82, 2.24) is 4.72 Å². The third kappa shape index (κ3) is 10.2. The minimum atomic E-state index is -4.03. The standard InChI is InChI=1S/C35H47NO5S/c1-25(2)11-8-12-26(3)13-9-14-27(4)15-10-21-35(7)22-20-30-24-31(23-29(6)33(30)41-35)40-34(37)36-42(38,39)32-18-16-28(5)17-19-32/h11,13,15-19,23-24H,8-10,12,14,20-22H2,1-7H3,(H,36,37)/b26-13+,27-15+/t35-/m1/s1. The van der Waals surface area contributed by atoms with Crippen molar-refractivity contribution in [2.24, 2.45) is 0 Å². The molecular weight excluding hydrogens is 546 g/mol. The molecule has 0 fully saturated rings. The number of aryl methyl sites for hydroxylation is 3. The highest BCUT2D eigenvalue weighted by molar-refractivity contribution is 7.90. The molecule has 228 valence electrons. The first-order valence-electron chi connectivity index (χ1n) is 14.8. The summed E-state index contributed by atoms with van der Waals surface area (Å²) >= 11 is 0. The Kier molecular flexibility index (Phi) is 11.6. The van der Waals surface area contributed by atoms with E-state index in [0.717, 1.165) is 73.8 Å². The number of amides is 1. The zero-order valence-electron chi connectivity index (χ0n) is 26.3. The number of allylic oxidation sites excluding steroid dienone is 6. The lowest BCUT2D eigenvalue weighted by Gasteiger charge is -2.37. The van der Waals surface area contributed by atoms with Gasteiger partial charge in [0, 0.05) is 0 Å². The molecule has 7 heteroatoms. The Balaban J connectivity index is 1.52. The van der Waals surface area contributed by atoms with Gasteiger partial charge in [0.05, 0.1) is 4.90 Å². The van der Waals surface area contributed by atoms with Crippen LogP contribution in [-0.2, 0) is 16.4 Å². The van der Waals surface area contributed by atoms with Crippen LogP contribution in [0.2, 0.25) is 0 Å². The second kappa shape index (κ2) is 14.7. The summed E-state index contributed by atoms with van der Waals surface area (Å²) in [5.41, 5.74) is 6.69. The predicted molar refractivity (Wildman–Crippen MR) is 171 cm³/mol. The lowest BCUT2D eigenvalue weighted by molar-refractivity contribution is 0.0561. The van der Waals surface area contributed by atoms with Gasteiger partial charge in [-0.05, 0) is 135 Å². The van der Waals surface area contributed by atoms with Gasteiger partial charge in [0.2, 0.25) is 0 Å². The highest BCUT2D eigenvalue weighted by Gasteiger charge is 2.32. The number of hydrogen-bond donors (Lipinski definition) is 1. The minimum absolute atomic E-state index is 0.00190. The maximum Gasteiger partial charge on any atom is 0.426 e. The average molecular weight is 594 g/mol. The summed E-state index contributed by atoms with van der Waals surface area (Å²) in [5, 5.41) is 0. The van der Waals surface area contributed by atoms with Crippen molar-refractivity contribution in [3.05, 3.63) is 88.0 Å². The third-order valence-corrected chi connectivity index (χ3v) is 8.97. The largest absolute Gasteiger partial charge is 0.487 e. The fourth-order valence-corrected chi connectivity index (χ4v) is 5.92. The maximum absolute atomic E-state index is 12.5. The van der Waals surface area contributed by atoms with Gasteiger partial charge in [0.15, 0.2) is 0 Å². The number of fused-ring (bicyclic) bond motifs is 1. The van der Waals surface area contributed by atoms with Gasteiger partial charge in [-0.1, -0.05) is 52.6 Å². The molecule has 42 heavy (non-hydrogen) atoms. The van der Waals surface area contributed by atoms with Crippen LogP contribution in [0.5, 0.6) is 11.5 Å². The summed E-state index contributed by atoms with van der Waals surface area (Å²) in [7, 11) is -4.03. The zero-order chi connectivity index (χ0) is 30.9. The average Bonchev–Trinajstić information content (AvgIpc) is 2.89. The van der Waals surface area contributed by atoms with E-state index in [9.17, 15) is 13.2 Å². The van der Waals surface area contributed by atoms with Gasteiger partial charge in [-0.15, -0.1) is 0 Å². The summed E-state index contributed by atoms with van der Waals surface area (Å²) in [6.45, 7) is 14.6. The SMILES string of the molecule is CC(C)=CCC/C(C)=C/CC/C(C)=C/CC[C@]1(C)CCc2cc(OC(=O)NS(=O)(=O)c3ccc(C)cc3)cc(C)c2O1. The second-order valence-electron chi connectivity index (χ2n) is 12.1. The number of benzene rings is 2. The van der Waals surface area contributed by atoms with Crippen LogP contribution >= 0.6 is 0 Å². The van der Waals surface area contributed by atoms with Crippen molar-refractivity contribution in [3.8, 4) is 11.5 Å². The van der Waals surface area contributed by atoms with E-state index in [1.54, 1.807) is 24.3 Å². The predicted octanol–water partition coefficient (Wildman–Crippen LogP) is 9.06. The van der Waals surface area contributed by atoms with Gasteiger partial charge in [-0.25, -0.2) is 17.9 Å². The molecule has 1 amide bonds. The number of nitrogens with one attached hydrogen (secondary N) is 1. The van der Waals surface area contributed by atoms with Gasteiger partial charge in [-0.3, -0.25) is 0 Å². The Bertz CT molecular complexity index is 1450. The molecule has 1 aliphatic heterocycles. The summed E-state index contributed by atoms with van der Waals surface area (Å²) < 4.78 is 38.9. The van der Waals surface area contributed by atoms with Gasteiger partial charge >= 0.3 is 6.09 Å². The molecule has 0 saturated carbocycles.